The normalized spacial score (nSPS) is 12.8. The Kier molecular flexibility index (Phi) is 5.26. The second-order valence-corrected chi connectivity index (χ2v) is 6.62. The van der Waals surface area contributed by atoms with Crippen LogP contribution in [0.5, 0.6) is 11.5 Å². The number of nitrogens with one attached hydrogen (secondary N) is 1. The van der Waals surface area contributed by atoms with Crippen LogP contribution in [0.2, 0.25) is 0 Å². The van der Waals surface area contributed by atoms with E-state index in [9.17, 15) is 10.1 Å². The van der Waals surface area contributed by atoms with Crippen molar-refractivity contribution in [2.24, 2.45) is 0 Å². The number of amides is 1. The molecule has 3 aromatic rings. The Morgan fingerprint density at radius 2 is 1.66 bits per heavy atom. The lowest BCUT2D eigenvalue weighted by Crippen LogP contribution is -2.19. The average Bonchev–Trinajstić information content (AvgIpc) is 3.17. The van der Waals surface area contributed by atoms with Gasteiger partial charge in [-0.2, -0.15) is 5.26 Å². The first-order valence-electron chi connectivity index (χ1n) is 9.34. The molecule has 0 fully saturated rings. The number of hydrogen-bond donors (Lipinski definition) is 1. The number of benzene rings is 3. The molecule has 0 bridgehead atoms. The monoisotopic (exact) mass is 381 g/mol. The number of ether oxygens (including phenoxy) is 1. The van der Waals surface area contributed by atoms with Crippen LogP contribution in [0.15, 0.2) is 90.6 Å². The summed E-state index contributed by atoms with van der Waals surface area (Å²) < 4.78 is 5.75. The molecule has 0 saturated carbocycles. The van der Waals surface area contributed by atoms with Gasteiger partial charge in [0.15, 0.2) is 0 Å². The number of nitriles is 1. The highest BCUT2D eigenvalue weighted by molar-refractivity contribution is 6.06. The zero-order chi connectivity index (χ0) is 20.1. The Hall–Kier alpha value is -4.04. The van der Waals surface area contributed by atoms with Crippen molar-refractivity contribution in [1.29, 1.82) is 5.26 Å². The SMILES string of the molecule is N#C/C(=C/N1CCc2ccccc21)C(=O)Nc1ccc(Oc2ccccc2)cc1. The highest BCUT2D eigenvalue weighted by Gasteiger charge is 2.19. The second kappa shape index (κ2) is 8.32. The largest absolute Gasteiger partial charge is 0.457 e. The average molecular weight is 381 g/mol. The Balaban J connectivity index is 1.43. The summed E-state index contributed by atoms with van der Waals surface area (Å²) in [6.45, 7) is 0.753. The van der Waals surface area contributed by atoms with Gasteiger partial charge < -0.3 is 15.0 Å². The molecule has 0 saturated heterocycles. The van der Waals surface area contributed by atoms with Gasteiger partial charge in [0.05, 0.1) is 0 Å². The number of carbonyl (C=O) groups excluding carboxylic acids is 1. The minimum absolute atomic E-state index is 0.0614. The molecule has 0 spiro atoms. The molecular formula is C24H19N3O2. The molecule has 4 rings (SSSR count). The fourth-order valence-electron chi connectivity index (χ4n) is 3.22. The smallest absolute Gasteiger partial charge is 0.267 e. The van der Waals surface area contributed by atoms with Crippen LogP contribution in [0.1, 0.15) is 5.56 Å². The summed E-state index contributed by atoms with van der Waals surface area (Å²) in [5.41, 5.74) is 2.91. The van der Waals surface area contributed by atoms with Crippen LogP contribution in [-0.4, -0.2) is 12.5 Å². The number of anilines is 2. The summed E-state index contributed by atoms with van der Waals surface area (Å²) in [6.07, 6.45) is 2.52. The molecule has 1 aliphatic heterocycles. The van der Waals surface area contributed by atoms with Gasteiger partial charge in [-0.05, 0) is 54.4 Å². The van der Waals surface area contributed by atoms with E-state index in [2.05, 4.69) is 11.4 Å². The summed E-state index contributed by atoms with van der Waals surface area (Å²) >= 11 is 0. The van der Waals surface area contributed by atoms with E-state index >= 15 is 0 Å². The summed E-state index contributed by atoms with van der Waals surface area (Å²) in [7, 11) is 0. The first kappa shape index (κ1) is 18.3. The van der Waals surface area contributed by atoms with Crippen molar-refractivity contribution in [3.8, 4) is 17.6 Å². The standard InChI is InChI=1S/C24H19N3O2/c25-16-19(17-27-15-14-18-6-4-5-9-23(18)27)24(28)26-20-10-12-22(13-11-20)29-21-7-2-1-3-8-21/h1-13,17H,14-15H2,(H,26,28)/b19-17-. The predicted molar refractivity (Wildman–Crippen MR) is 113 cm³/mol. The van der Waals surface area contributed by atoms with Crippen molar-refractivity contribution in [2.45, 2.75) is 6.42 Å². The topological polar surface area (TPSA) is 65.4 Å². The zero-order valence-electron chi connectivity index (χ0n) is 15.7. The lowest BCUT2D eigenvalue weighted by atomic mass is 10.2. The van der Waals surface area contributed by atoms with Crippen LogP contribution in [0.25, 0.3) is 0 Å². The quantitative estimate of drug-likeness (QED) is 0.505. The molecule has 1 N–H and O–H groups in total. The Morgan fingerprint density at radius 1 is 0.966 bits per heavy atom. The number of fused-ring (bicyclic) bond motifs is 1. The first-order valence-corrected chi connectivity index (χ1v) is 9.34. The first-order chi connectivity index (χ1) is 14.2. The van der Waals surface area contributed by atoms with Crippen LogP contribution in [0.3, 0.4) is 0 Å². The molecule has 5 heteroatoms. The maximum atomic E-state index is 12.6. The molecule has 3 aromatic carbocycles. The fourth-order valence-corrected chi connectivity index (χ4v) is 3.22. The number of rotatable bonds is 5. The Bertz CT molecular complexity index is 1080. The van der Waals surface area contributed by atoms with Crippen molar-refractivity contribution in [3.63, 3.8) is 0 Å². The van der Waals surface area contributed by atoms with Crippen molar-refractivity contribution in [2.75, 3.05) is 16.8 Å². The Labute approximate surface area is 169 Å². The molecule has 0 aliphatic carbocycles. The molecule has 142 valence electrons. The van der Waals surface area contributed by atoms with Gasteiger partial charge in [0.1, 0.15) is 23.1 Å². The minimum Gasteiger partial charge on any atom is -0.457 e. The molecular weight excluding hydrogens is 362 g/mol. The van der Waals surface area contributed by atoms with Crippen molar-refractivity contribution < 1.29 is 9.53 Å². The van der Waals surface area contributed by atoms with Crippen LogP contribution < -0.4 is 15.0 Å². The van der Waals surface area contributed by atoms with E-state index < -0.39 is 5.91 Å². The second-order valence-electron chi connectivity index (χ2n) is 6.62. The van der Waals surface area contributed by atoms with Gasteiger partial charge in [0.2, 0.25) is 0 Å². The van der Waals surface area contributed by atoms with E-state index in [0.717, 1.165) is 24.4 Å². The van der Waals surface area contributed by atoms with E-state index in [1.807, 2.05) is 59.5 Å². The van der Waals surface area contributed by atoms with E-state index in [1.165, 1.54) is 5.56 Å². The van der Waals surface area contributed by atoms with Crippen LogP contribution in [-0.2, 0) is 11.2 Å². The van der Waals surface area contributed by atoms with E-state index in [4.69, 9.17) is 4.74 Å². The maximum absolute atomic E-state index is 12.6. The lowest BCUT2D eigenvalue weighted by molar-refractivity contribution is -0.112. The van der Waals surface area contributed by atoms with Gasteiger partial charge >= 0.3 is 0 Å². The predicted octanol–water partition coefficient (Wildman–Crippen LogP) is 4.89. The van der Waals surface area contributed by atoms with Gasteiger partial charge in [-0.25, -0.2) is 0 Å². The molecule has 1 amide bonds. The van der Waals surface area contributed by atoms with Gasteiger partial charge in [-0.1, -0.05) is 36.4 Å². The van der Waals surface area contributed by atoms with Gasteiger partial charge in [-0.3, -0.25) is 4.79 Å². The Morgan fingerprint density at radius 3 is 2.41 bits per heavy atom. The third-order valence-electron chi connectivity index (χ3n) is 4.66. The van der Waals surface area contributed by atoms with E-state index in [1.54, 1.807) is 30.5 Å². The molecule has 0 aromatic heterocycles. The fraction of sp³-hybridized carbons (Fsp3) is 0.0833. The zero-order valence-corrected chi connectivity index (χ0v) is 15.7. The summed E-state index contributed by atoms with van der Waals surface area (Å²) in [5.74, 6) is 0.970. The maximum Gasteiger partial charge on any atom is 0.267 e. The molecule has 1 aliphatic rings. The number of para-hydroxylation sites is 2. The molecule has 0 atom stereocenters. The van der Waals surface area contributed by atoms with Gasteiger partial charge in [-0.15, -0.1) is 0 Å². The van der Waals surface area contributed by atoms with E-state index in [0.29, 0.717) is 11.4 Å². The van der Waals surface area contributed by atoms with Crippen LogP contribution in [0, 0.1) is 11.3 Å². The van der Waals surface area contributed by atoms with Crippen LogP contribution >= 0.6 is 0 Å². The molecule has 1 heterocycles. The molecule has 0 radical (unpaired) electrons. The molecule has 5 nitrogen and oxygen atoms in total. The van der Waals surface area contributed by atoms with Crippen molar-refractivity contribution >= 4 is 17.3 Å². The lowest BCUT2D eigenvalue weighted by Gasteiger charge is -2.14. The third kappa shape index (κ3) is 4.28. The molecule has 0 unspecified atom stereocenters. The van der Waals surface area contributed by atoms with Gasteiger partial charge in [0.25, 0.3) is 5.91 Å². The third-order valence-corrected chi connectivity index (χ3v) is 4.66. The number of hydrogen-bond acceptors (Lipinski definition) is 4. The summed E-state index contributed by atoms with van der Waals surface area (Å²) in [6, 6.07) is 26.5. The summed E-state index contributed by atoms with van der Waals surface area (Å²) in [5, 5.41) is 12.2. The molecule has 29 heavy (non-hydrogen) atoms. The highest BCUT2D eigenvalue weighted by atomic mass is 16.5. The van der Waals surface area contributed by atoms with Crippen molar-refractivity contribution in [1.82, 2.24) is 0 Å². The van der Waals surface area contributed by atoms with E-state index in [-0.39, 0.29) is 5.57 Å². The summed E-state index contributed by atoms with van der Waals surface area (Å²) in [4.78, 5) is 14.5. The number of carbonyl (C=O) groups is 1. The minimum atomic E-state index is -0.436. The van der Waals surface area contributed by atoms with Gasteiger partial charge in [0, 0.05) is 24.1 Å². The number of nitrogens with zero attached hydrogens (tertiary/aromatic N) is 2. The van der Waals surface area contributed by atoms with Crippen LogP contribution in [0.4, 0.5) is 11.4 Å². The highest BCUT2D eigenvalue weighted by Crippen LogP contribution is 2.28. The van der Waals surface area contributed by atoms with Crippen molar-refractivity contribution in [3.05, 3.63) is 96.2 Å².